The number of aryl methyl sites for hydroxylation is 1. The molecule has 20 heavy (non-hydrogen) atoms. The second kappa shape index (κ2) is 6.34. The first-order valence-corrected chi connectivity index (χ1v) is 6.52. The van der Waals surface area contributed by atoms with Crippen LogP contribution in [0.3, 0.4) is 0 Å². The van der Waals surface area contributed by atoms with E-state index in [2.05, 4.69) is 5.32 Å². The highest BCUT2D eigenvalue weighted by atomic mass is 16.4. The summed E-state index contributed by atoms with van der Waals surface area (Å²) in [5, 5.41) is 12.6. The molecular formula is C15H17NO4. The molecular weight excluding hydrogens is 258 g/mol. The van der Waals surface area contributed by atoms with Crippen LogP contribution >= 0.6 is 0 Å². The van der Waals surface area contributed by atoms with Gasteiger partial charge in [-0.25, -0.2) is 4.79 Å². The van der Waals surface area contributed by atoms with Crippen molar-refractivity contribution in [2.45, 2.75) is 26.3 Å². The van der Waals surface area contributed by atoms with Crippen molar-refractivity contribution in [3.05, 3.63) is 45.8 Å². The molecule has 0 aliphatic rings. The molecule has 106 valence electrons. The molecule has 1 heterocycles. The van der Waals surface area contributed by atoms with Crippen LogP contribution < -0.4 is 10.9 Å². The normalized spacial score (nSPS) is 10.8. The van der Waals surface area contributed by atoms with E-state index in [9.17, 15) is 9.59 Å². The zero-order chi connectivity index (χ0) is 14.5. The second-order valence-corrected chi connectivity index (χ2v) is 4.76. The third kappa shape index (κ3) is 3.68. The number of aliphatic carboxylic acids is 1. The van der Waals surface area contributed by atoms with Crippen LogP contribution in [0.15, 0.2) is 33.5 Å². The predicted octanol–water partition coefficient (Wildman–Crippen LogP) is 2.06. The van der Waals surface area contributed by atoms with E-state index in [1.165, 1.54) is 6.07 Å². The highest BCUT2D eigenvalue weighted by molar-refractivity contribution is 5.80. The van der Waals surface area contributed by atoms with Crippen molar-refractivity contribution >= 4 is 16.9 Å². The zero-order valence-electron chi connectivity index (χ0n) is 11.3. The van der Waals surface area contributed by atoms with Gasteiger partial charge in [-0.1, -0.05) is 12.1 Å². The molecule has 0 amide bonds. The van der Waals surface area contributed by atoms with Crippen LogP contribution in [-0.2, 0) is 11.3 Å². The van der Waals surface area contributed by atoms with Crippen molar-refractivity contribution in [1.29, 1.82) is 0 Å². The summed E-state index contributed by atoms with van der Waals surface area (Å²) < 4.78 is 5.18. The van der Waals surface area contributed by atoms with Gasteiger partial charge in [-0.2, -0.15) is 0 Å². The number of fused-ring (bicyclic) bond motifs is 1. The molecule has 0 unspecified atom stereocenters. The van der Waals surface area contributed by atoms with Crippen LogP contribution in [0.2, 0.25) is 0 Å². The molecule has 0 aliphatic carbocycles. The first kappa shape index (κ1) is 14.3. The zero-order valence-corrected chi connectivity index (χ0v) is 11.3. The van der Waals surface area contributed by atoms with Gasteiger partial charge in [-0.15, -0.1) is 0 Å². The van der Waals surface area contributed by atoms with Crippen LogP contribution in [0.25, 0.3) is 11.0 Å². The first-order chi connectivity index (χ1) is 9.56. The maximum Gasteiger partial charge on any atom is 0.336 e. The topological polar surface area (TPSA) is 79.5 Å². The Labute approximate surface area is 116 Å². The van der Waals surface area contributed by atoms with Gasteiger partial charge >= 0.3 is 11.6 Å². The van der Waals surface area contributed by atoms with Gasteiger partial charge in [0.25, 0.3) is 0 Å². The summed E-state index contributed by atoms with van der Waals surface area (Å²) in [5.74, 6) is -0.798. The quantitative estimate of drug-likeness (QED) is 0.623. The average Bonchev–Trinajstić information content (AvgIpc) is 2.36. The van der Waals surface area contributed by atoms with Gasteiger partial charge in [0, 0.05) is 24.4 Å². The minimum atomic E-state index is -0.798. The Hall–Kier alpha value is -2.14. The van der Waals surface area contributed by atoms with Gasteiger partial charge in [0.05, 0.1) is 0 Å². The number of rotatable bonds is 6. The summed E-state index contributed by atoms with van der Waals surface area (Å²) in [6.07, 6.45) is 0.706. The molecule has 0 radical (unpaired) electrons. The number of carbonyl (C=O) groups is 1. The van der Waals surface area contributed by atoms with Crippen LogP contribution in [0.1, 0.15) is 24.0 Å². The van der Waals surface area contributed by atoms with Gasteiger partial charge in [0.15, 0.2) is 0 Å². The summed E-state index contributed by atoms with van der Waals surface area (Å²) in [4.78, 5) is 21.9. The molecule has 0 atom stereocenters. The lowest BCUT2D eigenvalue weighted by Crippen LogP contribution is -2.17. The molecule has 0 saturated heterocycles. The molecule has 0 aliphatic heterocycles. The molecule has 0 bridgehead atoms. The number of hydrogen-bond donors (Lipinski definition) is 2. The summed E-state index contributed by atoms with van der Waals surface area (Å²) in [6, 6.07) is 7.21. The van der Waals surface area contributed by atoms with E-state index in [1.54, 1.807) is 0 Å². The van der Waals surface area contributed by atoms with Gasteiger partial charge in [-0.3, -0.25) is 4.79 Å². The van der Waals surface area contributed by atoms with Crippen LogP contribution in [-0.4, -0.2) is 17.6 Å². The molecule has 0 saturated carbocycles. The Balaban J connectivity index is 2.09. The number of carboxylic acid groups (broad SMARTS) is 1. The largest absolute Gasteiger partial charge is 0.481 e. The molecule has 5 heteroatoms. The monoisotopic (exact) mass is 275 g/mol. The van der Waals surface area contributed by atoms with Gasteiger partial charge in [0.1, 0.15) is 5.58 Å². The van der Waals surface area contributed by atoms with Crippen molar-refractivity contribution in [3.63, 3.8) is 0 Å². The molecule has 0 fully saturated rings. The first-order valence-electron chi connectivity index (χ1n) is 6.52. The minimum Gasteiger partial charge on any atom is -0.481 e. The third-order valence-electron chi connectivity index (χ3n) is 3.05. The fourth-order valence-corrected chi connectivity index (χ4v) is 2.07. The van der Waals surface area contributed by atoms with E-state index in [1.807, 2.05) is 25.1 Å². The molecule has 1 aromatic heterocycles. The number of hydrogen-bond acceptors (Lipinski definition) is 4. The third-order valence-corrected chi connectivity index (χ3v) is 3.05. The number of nitrogens with one attached hydrogen (secondary N) is 1. The van der Waals surface area contributed by atoms with Gasteiger partial charge in [-0.05, 0) is 37.1 Å². The number of benzene rings is 1. The van der Waals surface area contributed by atoms with E-state index in [0.29, 0.717) is 25.1 Å². The van der Waals surface area contributed by atoms with Gasteiger partial charge in [0.2, 0.25) is 0 Å². The van der Waals surface area contributed by atoms with E-state index >= 15 is 0 Å². The van der Waals surface area contributed by atoms with Crippen LogP contribution in [0.5, 0.6) is 0 Å². The van der Waals surface area contributed by atoms with Crippen LogP contribution in [0, 0.1) is 6.92 Å². The van der Waals surface area contributed by atoms with E-state index in [4.69, 9.17) is 9.52 Å². The SMILES string of the molecule is Cc1ccc2c(CNCCCC(=O)O)cc(=O)oc2c1. The molecule has 2 aromatic rings. The van der Waals surface area contributed by atoms with Crippen molar-refractivity contribution in [2.75, 3.05) is 6.54 Å². The molecule has 5 nitrogen and oxygen atoms in total. The standard InChI is InChI=1S/C15H17NO4/c1-10-4-5-12-11(8-15(19)20-13(12)7-10)9-16-6-2-3-14(17)18/h4-5,7-8,16H,2-3,6,9H2,1H3,(H,17,18). The minimum absolute atomic E-state index is 0.143. The highest BCUT2D eigenvalue weighted by Gasteiger charge is 2.05. The fourth-order valence-electron chi connectivity index (χ4n) is 2.07. The van der Waals surface area contributed by atoms with E-state index in [0.717, 1.165) is 16.5 Å². The Morgan fingerprint density at radius 1 is 1.35 bits per heavy atom. The lowest BCUT2D eigenvalue weighted by Gasteiger charge is -2.07. The van der Waals surface area contributed by atoms with Crippen molar-refractivity contribution in [3.8, 4) is 0 Å². The average molecular weight is 275 g/mol. The maximum atomic E-state index is 11.5. The summed E-state index contributed by atoms with van der Waals surface area (Å²) in [6.45, 7) is 3.06. The highest BCUT2D eigenvalue weighted by Crippen LogP contribution is 2.18. The Morgan fingerprint density at radius 2 is 2.15 bits per heavy atom. The van der Waals surface area contributed by atoms with Crippen molar-refractivity contribution < 1.29 is 14.3 Å². The second-order valence-electron chi connectivity index (χ2n) is 4.76. The van der Waals surface area contributed by atoms with Gasteiger partial charge < -0.3 is 14.8 Å². The lowest BCUT2D eigenvalue weighted by atomic mass is 10.1. The Morgan fingerprint density at radius 3 is 2.90 bits per heavy atom. The molecule has 2 rings (SSSR count). The summed E-state index contributed by atoms with van der Waals surface area (Å²) in [7, 11) is 0. The summed E-state index contributed by atoms with van der Waals surface area (Å²) >= 11 is 0. The Bertz CT molecular complexity index is 675. The summed E-state index contributed by atoms with van der Waals surface area (Å²) in [5.41, 5.74) is 2.11. The van der Waals surface area contributed by atoms with Crippen LogP contribution in [0.4, 0.5) is 0 Å². The molecule has 0 spiro atoms. The molecule has 1 aromatic carbocycles. The van der Waals surface area contributed by atoms with Crippen molar-refractivity contribution in [2.24, 2.45) is 0 Å². The Kier molecular flexibility index (Phi) is 4.53. The van der Waals surface area contributed by atoms with E-state index in [-0.39, 0.29) is 12.0 Å². The molecule has 2 N–H and O–H groups in total. The maximum absolute atomic E-state index is 11.5. The van der Waals surface area contributed by atoms with Crippen molar-refractivity contribution in [1.82, 2.24) is 5.32 Å². The van der Waals surface area contributed by atoms with E-state index < -0.39 is 5.97 Å². The lowest BCUT2D eigenvalue weighted by molar-refractivity contribution is -0.137. The smallest absolute Gasteiger partial charge is 0.336 e. The predicted molar refractivity (Wildman–Crippen MR) is 75.8 cm³/mol. The number of carboxylic acids is 1. The fraction of sp³-hybridized carbons (Fsp3) is 0.333.